The average molecular weight is 606 g/mol. The summed E-state index contributed by atoms with van der Waals surface area (Å²) in [6, 6.07) is 28.5. The highest BCUT2D eigenvalue weighted by Gasteiger charge is 2.26. The predicted molar refractivity (Wildman–Crippen MR) is 164 cm³/mol. The number of rotatable bonds is 10. The summed E-state index contributed by atoms with van der Waals surface area (Å²) in [7, 11) is 0. The second-order valence-electron chi connectivity index (χ2n) is 9.45. The molecule has 208 valence electrons. The number of hydrogen-bond donors (Lipinski definition) is 1. The number of aryl methyl sites for hydroxylation is 1. The summed E-state index contributed by atoms with van der Waals surface area (Å²) < 4.78 is 15.3. The smallest absolute Gasteiger partial charge is 0.251 e. The van der Waals surface area contributed by atoms with Crippen molar-refractivity contribution in [3.63, 3.8) is 0 Å². The number of carbonyl (C=O) groups is 1. The molecule has 1 aromatic heterocycles. The van der Waals surface area contributed by atoms with Gasteiger partial charge in [-0.3, -0.25) is 9.36 Å². The molecule has 5 nitrogen and oxygen atoms in total. The quantitative estimate of drug-likeness (QED) is 0.163. The maximum absolute atomic E-state index is 13.5. The van der Waals surface area contributed by atoms with Gasteiger partial charge in [0.1, 0.15) is 5.82 Å². The topological polar surface area (TPSA) is 59.8 Å². The molecular formula is C32H27Cl2FN4OS. The van der Waals surface area contributed by atoms with Crippen LogP contribution in [-0.4, -0.2) is 20.7 Å². The van der Waals surface area contributed by atoms with E-state index in [1.807, 2.05) is 65.2 Å². The van der Waals surface area contributed by atoms with Gasteiger partial charge in [-0.1, -0.05) is 96.5 Å². The molecule has 1 unspecified atom stereocenters. The van der Waals surface area contributed by atoms with Crippen LogP contribution in [0.4, 0.5) is 4.39 Å². The van der Waals surface area contributed by atoms with Crippen LogP contribution in [0.1, 0.15) is 45.8 Å². The summed E-state index contributed by atoms with van der Waals surface area (Å²) in [6.45, 7) is 2.07. The van der Waals surface area contributed by atoms with Gasteiger partial charge in [-0.2, -0.15) is 0 Å². The van der Waals surface area contributed by atoms with Gasteiger partial charge < -0.3 is 5.32 Å². The Bertz CT molecular complexity index is 1630. The van der Waals surface area contributed by atoms with Crippen molar-refractivity contribution in [3.05, 3.63) is 141 Å². The zero-order valence-corrected chi connectivity index (χ0v) is 24.6. The monoisotopic (exact) mass is 604 g/mol. The minimum atomic E-state index is -0.532. The molecule has 9 heteroatoms. The molecule has 5 rings (SSSR count). The van der Waals surface area contributed by atoms with Gasteiger partial charge in [0.2, 0.25) is 0 Å². The van der Waals surface area contributed by atoms with E-state index in [1.165, 1.54) is 23.9 Å². The Kier molecular flexibility index (Phi) is 9.39. The SMILES string of the molecule is CCc1ccc(C(=O)NC(Cc2ccccc2)c2nnc(SCc3ccc(F)cc3)n2-c2ccc(Cl)cc2Cl)cc1. The van der Waals surface area contributed by atoms with E-state index < -0.39 is 6.04 Å². The first-order chi connectivity index (χ1) is 19.9. The fourth-order valence-electron chi connectivity index (χ4n) is 4.41. The Labute approximate surface area is 252 Å². The fraction of sp³-hybridized carbons (Fsp3) is 0.156. The Morgan fingerprint density at radius 2 is 1.61 bits per heavy atom. The van der Waals surface area contributed by atoms with Gasteiger partial charge in [0, 0.05) is 16.3 Å². The van der Waals surface area contributed by atoms with Crippen molar-refractivity contribution in [3.8, 4) is 5.69 Å². The largest absolute Gasteiger partial charge is 0.342 e. The van der Waals surface area contributed by atoms with Crippen LogP contribution >= 0.6 is 35.0 Å². The number of carbonyl (C=O) groups excluding carboxylic acids is 1. The lowest BCUT2D eigenvalue weighted by molar-refractivity contribution is 0.0934. The third-order valence-electron chi connectivity index (χ3n) is 6.61. The van der Waals surface area contributed by atoms with Crippen molar-refractivity contribution < 1.29 is 9.18 Å². The van der Waals surface area contributed by atoms with Crippen molar-refractivity contribution in [1.82, 2.24) is 20.1 Å². The lowest BCUT2D eigenvalue weighted by Crippen LogP contribution is -2.32. The molecule has 0 spiro atoms. The van der Waals surface area contributed by atoms with Crippen LogP contribution in [-0.2, 0) is 18.6 Å². The highest BCUT2D eigenvalue weighted by Crippen LogP contribution is 2.33. The number of nitrogens with zero attached hydrogens (tertiary/aromatic N) is 3. The van der Waals surface area contributed by atoms with Gasteiger partial charge in [0.05, 0.1) is 16.8 Å². The van der Waals surface area contributed by atoms with Crippen LogP contribution < -0.4 is 5.32 Å². The van der Waals surface area contributed by atoms with E-state index in [-0.39, 0.29) is 11.7 Å². The summed E-state index contributed by atoms with van der Waals surface area (Å²) in [6.07, 6.45) is 1.37. The first kappa shape index (κ1) is 28.9. The highest BCUT2D eigenvalue weighted by molar-refractivity contribution is 7.98. The number of aromatic nitrogens is 3. The molecule has 0 aliphatic carbocycles. The molecule has 41 heavy (non-hydrogen) atoms. The molecular weight excluding hydrogens is 578 g/mol. The number of benzene rings is 4. The Morgan fingerprint density at radius 3 is 2.29 bits per heavy atom. The van der Waals surface area contributed by atoms with Gasteiger partial charge in [-0.05, 0) is 72.0 Å². The van der Waals surface area contributed by atoms with Crippen molar-refractivity contribution in [1.29, 1.82) is 0 Å². The fourth-order valence-corrected chi connectivity index (χ4v) is 5.81. The van der Waals surface area contributed by atoms with E-state index in [1.54, 1.807) is 24.3 Å². The number of halogens is 3. The van der Waals surface area contributed by atoms with Crippen LogP contribution in [0.5, 0.6) is 0 Å². The van der Waals surface area contributed by atoms with Crippen LogP contribution in [0.25, 0.3) is 5.69 Å². The van der Waals surface area contributed by atoms with E-state index in [9.17, 15) is 9.18 Å². The molecule has 0 saturated carbocycles. The highest BCUT2D eigenvalue weighted by atomic mass is 35.5. The number of hydrogen-bond acceptors (Lipinski definition) is 4. The second-order valence-corrected chi connectivity index (χ2v) is 11.2. The van der Waals surface area contributed by atoms with Crippen LogP contribution in [0.3, 0.4) is 0 Å². The molecule has 5 aromatic rings. The van der Waals surface area contributed by atoms with Gasteiger partial charge in [0.15, 0.2) is 11.0 Å². The minimum absolute atomic E-state index is 0.217. The van der Waals surface area contributed by atoms with Crippen LogP contribution in [0, 0.1) is 5.82 Å². The van der Waals surface area contributed by atoms with Gasteiger partial charge in [-0.25, -0.2) is 4.39 Å². The van der Waals surface area contributed by atoms with E-state index in [0.29, 0.717) is 44.5 Å². The minimum Gasteiger partial charge on any atom is -0.342 e. The lowest BCUT2D eigenvalue weighted by atomic mass is 10.0. The second kappa shape index (κ2) is 13.3. The maximum atomic E-state index is 13.5. The van der Waals surface area contributed by atoms with Crippen LogP contribution in [0.15, 0.2) is 102 Å². The van der Waals surface area contributed by atoms with E-state index >= 15 is 0 Å². The zero-order valence-electron chi connectivity index (χ0n) is 22.2. The third kappa shape index (κ3) is 7.17. The number of thioether (sulfide) groups is 1. The summed E-state index contributed by atoms with van der Waals surface area (Å²) in [5.41, 5.74) is 4.30. The molecule has 1 N–H and O–H groups in total. The Hall–Kier alpha value is -3.65. The summed E-state index contributed by atoms with van der Waals surface area (Å²) in [5, 5.41) is 13.8. The van der Waals surface area contributed by atoms with Crippen molar-refractivity contribution in [2.45, 2.75) is 36.7 Å². The molecule has 0 saturated heterocycles. The third-order valence-corrected chi connectivity index (χ3v) is 8.15. The molecule has 1 atom stereocenters. The van der Waals surface area contributed by atoms with E-state index in [0.717, 1.165) is 23.1 Å². The number of nitrogens with one attached hydrogen (secondary N) is 1. The molecule has 1 heterocycles. The van der Waals surface area contributed by atoms with Gasteiger partial charge in [-0.15, -0.1) is 10.2 Å². The van der Waals surface area contributed by atoms with Crippen molar-refractivity contribution >= 4 is 40.9 Å². The zero-order chi connectivity index (χ0) is 28.8. The standard InChI is InChI=1S/C32H27Cl2FN4OS/c1-2-21-8-12-24(13-9-21)31(40)36-28(18-22-6-4-3-5-7-22)30-37-38-32(41-20-23-10-15-26(35)16-11-23)39(30)29-17-14-25(33)19-27(29)34/h3-17,19,28H,2,18,20H2,1H3,(H,36,40). The summed E-state index contributed by atoms with van der Waals surface area (Å²) in [4.78, 5) is 13.5. The average Bonchev–Trinajstić information content (AvgIpc) is 3.40. The summed E-state index contributed by atoms with van der Waals surface area (Å²) >= 11 is 14.4. The van der Waals surface area contributed by atoms with Crippen LogP contribution in [0.2, 0.25) is 10.0 Å². The molecule has 0 radical (unpaired) electrons. The molecule has 4 aromatic carbocycles. The molecule has 0 aliphatic heterocycles. The first-order valence-electron chi connectivity index (χ1n) is 13.1. The van der Waals surface area contributed by atoms with Gasteiger partial charge >= 0.3 is 0 Å². The van der Waals surface area contributed by atoms with Crippen molar-refractivity contribution in [2.75, 3.05) is 0 Å². The molecule has 0 bridgehead atoms. The lowest BCUT2D eigenvalue weighted by Gasteiger charge is -2.21. The number of amides is 1. The summed E-state index contributed by atoms with van der Waals surface area (Å²) in [5.74, 6) is 0.549. The first-order valence-corrected chi connectivity index (χ1v) is 14.9. The Morgan fingerprint density at radius 1 is 0.902 bits per heavy atom. The van der Waals surface area contributed by atoms with Gasteiger partial charge in [0.25, 0.3) is 5.91 Å². The molecule has 0 aliphatic rings. The normalized spacial score (nSPS) is 11.8. The molecule has 1 amide bonds. The molecule has 0 fully saturated rings. The predicted octanol–water partition coefficient (Wildman–Crippen LogP) is 8.28. The van der Waals surface area contributed by atoms with E-state index in [4.69, 9.17) is 23.2 Å². The van der Waals surface area contributed by atoms with Crippen molar-refractivity contribution in [2.24, 2.45) is 0 Å². The van der Waals surface area contributed by atoms with E-state index in [2.05, 4.69) is 22.4 Å². The Balaban J connectivity index is 1.55. The maximum Gasteiger partial charge on any atom is 0.251 e.